The van der Waals surface area contributed by atoms with Gasteiger partial charge in [-0.15, -0.1) is 0 Å². The van der Waals surface area contributed by atoms with E-state index < -0.39 is 11.4 Å². The zero-order valence-corrected chi connectivity index (χ0v) is 8.90. The third kappa shape index (κ3) is 1.74. The summed E-state index contributed by atoms with van der Waals surface area (Å²) < 4.78 is 0. The fraction of sp³-hybridized carbons (Fsp3) is 0.455. The van der Waals surface area contributed by atoms with Gasteiger partial charge in [0.2, 0.25) is 0 Å². The van der Waals surface area contributed by atoms with Crippen LogP contribution in [0, 0.1) is 23.7 Å². The molecule has 1 aliphatic carbocycles. The Kier molecular flexibility index (Phi) is 2.35. The Bertz CT molecular complexity index is 486. The average Bonchev–Trinajstić information content (AvgIpc) is 3.02. The summed E-state index contributed by atoms with van der Waals surface area (Å²) in [4.78, 5) is 19.2. The summed E-state index contributed by atoms with van der Waals surface area (Å²) in [5, 5.41) is 17.8. The Labute approximate surface area is 92.8 Å². The first-order valence-corrected chi connectivity index (χ1v) is 5.03. The number of carbonyl (C=O) groups is 1. The van der Waals surface area contributed by atoms with Crippen LogP contribution in [-0.4, -0.2) is 21.0 Å². The second kappa shape index (κ2) is 3.56. The predicted octanol–water partition coefficient (Wildman–Crippen LogP) is 1.06. The van der Waals surface area contributed by atoms with E-state index in [0.29, 0.717) is 30.7 Å². The molecule has 1 heterocycles. The fourth-order valence-electron chi connectivity index (χ4n) is 1.65. The smallest absolute Gasteiger partial charge is 0.310 e. The molecule has 5 nitrogen and oxygen atoms in total. The third-order valence-corrected chi connectivity index (χ3v) is 2.98. The molecule has 82 valence electrons. The van der Waals surface area contributed by atoms with Gasteiger partial charge in [0.05, 0.1) is 23.0 Å². The molecule has 1 aromatic heterocycles. The molecule has 0 aliphatic heterocycles. The maximum Gasteiger partial charge on any atom is 0.310 e. The number of aliphatic carboxylic acids is 1. The quantitative estimate of drug-likeness (QED) is 0.818. The normalized spacial score (nSPS) is 16.5. The van der Waals surface area contributed by atoms with E-state index >= 15 is 0 Å². The Morgan fingerprint density at radius 2 is 2.38 bits per heavy atom. The van der Waals surface area contributed by atoms with Crippen LogP contribution >= 0.6 is 0 Å². The topological polar surface area (TPSA) is 86.9 Å². The van der Waals surface area contributed by atoms with Crippen molar-refractivity contribution in [1.82, 2.24) is 9.97 Å². The zero-order chi connectivity index (χ0) is 11.8. The number of rotatable bonds is 3. The van der Waals surface area contributed by atoms with Gasteiger partial charge >= 0.3 is 5.97 Å². The van der Waals surface area contributed by atoms with Gasteiger partial charge in [-0.05, 0) is 19.8 Å². The predicted molar refractivity (Wildman–Crippen MR) is 54.5 cm³/mol. The van der Waals surface area contributed by atoms with Crippen LogP contribution < -0.4 is 0 Å². The number of nitrogens with zero attached hydrogens (tertiary/aromatic N) is 3. The number of hydrogen-bond acceptors (Lipinski definition) is 4. The molecule has 0 radical (unpaired) electrons. The molecule has 1 fully saturated rings. The number of hydrogen-bond donors (Lipinski definition) is 1. The van der Waals surface area contributed by atoms with Crippen LogP contribution in [0.15, 0.2) is 6.20 Å². The van der Waals surface area contributed by atoms with Crippen LogP contribution in [0.4, 0.5) is 0 Å². The molecule has 5 heteroatoms. The largest absolute Gasteiger partial charge is 0.481 e. The van der Waals surface area contributed by atoms with E-state index in [0.717, 1.165) is 0 Å². The lowest BCUT2D eigenvalue weighted by atomic mass is 9.99. The lowest BCUT2D eigenvalue weighted by Crippen LogP contribution is -2.19. The van der Waals surface area contributed by atoms with E-state index in [9.17, 15) is 4.79 Å². The summed E-state index contributed by atoms with van der Waals surface area (Å²) in [6.07, 6.45) is 3.14. The Balaban J connectivity index is 2.28. The lowest BCUT2D eigenvalue weighted by molar-refractivity contribution is -0.143. The summed E-state index contributed by atoms with van der Waals surface area (Å²) in [7, 11) is 0. The molecule has 0 aromatic carbocycles. The first-order chi connectivity index (χ1) is 7.57. The summed E-state index contributed by atoms with van der Waals surface area (Å²) in [5.74, 6) is -0.781. The second-order valence-electron chi connectivity index (χ2n) is 4.16. The molecule has 0 saturated heterocycles. The molecule has 16 heavy (non-hydrogen) atoms. The molecule has 1 aliphatic rings. The van der Waals surface area contributed by atoms with E-state index in [1.807, 2.05) is 6.07 Å². The van der Waals surface area contributed by atoms with Gasteiger partial charge in [-0.1, -0.05) is 0 Å². The summed E-state index contributed by atoms with van der Waals surface area (Å²) >= 11 is 0. The van der Waals surface area contributed by atoms with Crippen LogP contribution in [0.1, 0.15) is 29.9 Å². The number of carboxylic acid groups (broad SMARTS) is 1. The summed E-state index contributed by atoms with van der Waals surface area (Å²) in [6.45, 7) is 1.78. The molecule has 0 amide bonds. The number of aryl methyl sites for hydroxylation is 1. The maximum atomic E-state index is 11.0. The second-order valence-corrected chi connectivity index (χ2v) is 4.16. The van der Waals surface area contributed by atoms with E-state index in [1.165, 1.54) is 6.20 Å². The van der Waals surface area contributed by atoms with E-state index in [-0.39, 0.29) is 5.69 Å². The highest BCUT2D eigenvalue weighted by Gasteiger charge is 2.50. The van der Waals surface area contributed by atoms with Crippen molar-refractivity contribution in [1.29, 1.82) is 5.26 Å². The standard InChI is InChI=1S/C11H11N3O2/c1-7-9(14-8(5-12)6-13-7)4-11(2-3-11)10(15)16/h6H,2-4H2,1H3,(H,15,16). The minimum Gasteiger partial charge on any atom is -0.481 e. The van der Waals surface area contributed by atoms with Crippen LogP contribution in [0.5, 0.6) is 0 Å². The highest BCUT2D eigenvalue weighted by atomic mass is 16.4. The van der Waals surface area contributed by atoms with Crippen molar-refractivity contribution in [3.8, 4) is 6.07 Å². The number of nitriles is 1. The summed E-state index contributed by atoms with van der Waals surface area (Å²) in [6, 6.07) is 1.91. The van der Waals surface area contributed by atoms with Crippen LogP contribution in [0.3, 0.4) is 0 Å². The minimum atomic E-state index is -0.781. The van der Waals surface area contributed by atoms with Crippen LogP contribution in [0.25, 0.3) is 0 Å². The van der Waals surface area contributed by atoms with Gasteiger partial charge in [-0.3, -0.25) is 9.78 Å². The van der Waals surface area contributed by atoms with Crippen molar-refractivity contribution >= 4 is 5.97 Å². The number of aromatic nitrogens is 2. The van der Waals surface area contributed by atoms with Gasteiger partial charge in [0, 0.05) is 6.42 Å². The van der Waals surface area contributed by atoms with Crippen molar-refractivity contribution in [2.24, 2.45) is 5.41 Å². The molecule has 1 aromatic rings. The van der Waals surface area contributed by atoms with Crippen molar-refractivity contribution in [2.75, 3.05) is 0 Å². The number of carboxylic acids is 1. The van der Waals surface area contributed by atoms with Gasteiger partial charge in [0.15, 0.2) is 5.69 Å². The molecule has 0 spiro atoms. The monoisotopic (exact) mass is 217 g/mol. The molecular weight excluding hydrogens is 206 g/mol. The fourth-order valence-corrected chi connectivity index (χ4v) is 1.65. The maximum absolute atomic E-state index is 11.0. The summed E-state index contributed by atoms with van der Waals surface area (Å²) in [5.41, 5.74) is 0.903. The molecule has 1 N–H and O–H groups in total. The van der Waals surface area contributed by atoms with Gasteiger partial charge < -0.3 is 5.11 Å². The molecule has 0 unspecified atom stereocenters. The van der Waals surface area contributed by atoms with Gasteiger partial charge in [-0.25, -0.2) is 4.98 Å². The zero-order valence-electron chi connectivity index (χ0n) is 8.90. The first-order valence-electron chi connectivity index (χ1n) is 5.03. The van der Waals surface area contributed by atoms with Crippen molar-refractivity contribution in [2.45, 2.75) is 26.2 Å². The van der Waals surface area contributed by atoms with Crippen LogP contribution in [0.2, 0.25) is 0 Å². The SMILES string of the molecule is Cc1ncc(C#N)nc1CC1(C(=O)O)CC1. The van der Waals surface area contributed by atoms with Crippen molar-refractivity contribution in [3.63, 3.8) is 0 Å². The first kappa shape index (κ1) is 10.6. The highest BCUT2D eigenvalue weighted by Crippen LogP contribution is 2.48. The molecule has 0 atom stereocenters. The lowest BCUT2D eigenvalue weighted by Gasteiger charge is -2.10. The third-order valence-electron chi connectivity index (χ3n) is 2.98. The van der Waals surface area contributed by atoms with Crippen LogP contribution in [-0.2, 0) is 11.2 Å². The molecule has 0 bridgehead atoms. The Morgan fingerprint density at radius 3 is 2.88 bits per heavy atom. The highest BCUT2D eigenvalue weighted by molar-refractivity contribution is 5.78. The van der Waals surface area contributed by atoms with Gasteiger partial charge in [0.1, 0.15) is 6.07 Å². The van der Waals surface area contributed by atoms with E-state index in [4.69, 9.17) is 10.4 Å². The van der Waals surface area contributed by atoms with Gasteiger partial charge in [-0.2, -0.15) is 5.26 Å². The molecular formula is C11H11N3O2. The Morgan fingerprint density at radius 1 is 1.69 bits per heavy atom. The van der Waals surface area contributed by atoms with Gasteiger partial charge in [0.25, 0.3) is 0 Å². The van der Waals surface area contributed by atoms with Crippen molar-refractivity contribution in [3.05, 3.63) is 23.3 Å². The van der Waals surface area contributed by atoms with E-state index in [2.05, 4.69) is 9.97 Å². The molecule has 2 rings (SSSR count). The van der Waals surface area contributed by atoms with Crippen molar-refractivity contribution < 1.29 is 9.90 Å². The minimum absolute atomic E-state index is 0.238. The Hall–Kier alpha value is -1.96. The van der Waals surface area contributed by atoms with E-state index in [1.54, 1.807) is 6.92 Å². The molecule has 1 saturated carbocycles. The average molecular weight is 217 g/mol.